The Balaban J connectivity index is 1.91. The summed E-state index contributed by atoms with van der Waals surface area (Å²) in [7, 11) is 0. The lowest BCUT2D eigenvalue weighted by Crippen LogP contribution is -2.43. The van der Waals surface area contributed by atoms with Crippen LogP contribution in [0.15, 0.2) is 24.3 Å². The van der Waals surface area contributed by atoms with Crippen molar-refractivity contribution in [1.82, 2.24) is 10.6 Å². The zero-order chi connectivity index (χ0) is 13.8. The SMILES string of the molecule is CC(NC(=O)C1CCC(=O)NC1)c1ccc(Cl)cc1. The third kappa shape index (κ3) is 3.70. The van der Waals surface area contributed by atoms with E-state index in [1.165, 1.54) is 0 Å². The maximum Gasteiger partial charge on any atom is 0.225 e. The molecule has 0 aliphatic carbocycles. The molecule has 1 fully saturated rings. The smallest absolute Gasteiger partial charge is 0.225 e. The molecule has 2 amide bonds. The molecule has 102 valence electrons. The maximum absolute atomic E-state index is 12.1. The first kappa shape index (κ1) is 13.9. The number of hydrogen-bond donors (Lipinski definition) is 2. The Morgan fingerprint density at radius 1 is 1.42 bits per heavy atom. The highest BCUT2D eigenvalue weighted by molar-refractivity contribution is 6.30. The predicted molar refractivity (Wildman–Crippen MR) is 73.7 cm³/mol. The van der Waals surface area contributed by atoms with Crippen LogP contribution in [0.2, 0.25) is 5.02 Å². The first-order valence-electron chi connectivity index (χ1n) is 6.39. The van der Waals surface area contributed by atoms with Gasteiger partial charge in [0.2, 0.25) is 11.8 Å². The quantitative estimate of drug-likeness (QED) is 0.890. The Morgan fingerprint density at radius 2 is 2.11 bits per heavy atom. The van der Waals surface area contributed by atoms with E-state index < -0.39 is 0 Å². The van der Waals surface area contributed by atoms with Crippen molar-refractivity contribution < 1.29 is 9.59 Å². The number of piperidine rings is 1. The molecule has 0 spiro atoms. The molecule has 0 bridgehead atoms. The first-order valence-corrected chi connectivity index (χ1v) is 6.76. The van der Waals surface area contributed by atoms with Crippen LogP contribution in [0, 0.1) is 5.92 Å². The number of carbonyl (C=O) groups is 2. The van der Waals surface area contributed by atoms with Gasteiger partial charge in [0.05, 0.1) is 12.0 Å². The fraction of sp³-hybridized carbons (Fsp3) is 0.429. The average Bonchev–Trinajstić information content (AvgIpc) is 2.40. The molecular formula is C14H17ClN2O2. The standard InChI is InChI=1S/C14H17ClN2O2/c1-9(10-2-5-12(15)6-3-10)17-14(19)11-4-7-13(18)16-8-11/h2-3,5-6,9,11H,4,7-8H2,1H3,(H,16,18)(H,17,19). The van der Waals surface area contributed by atoms with E-state index in [4.69, 9.17) is 11.6 Å². The summed E-state index contributed by atoms with van der Waals surface area (Å²) >= 11 is 5.83. The lowest BCUT2D eigenvalue weighted by molar-refractivity contribution is -0.129. The van der Waals surface area contributed by atoms with Gasteiger partial charge in [-0.25, -0.2) is 0 Å². The highest BCUT2D eigenvalue weighted by Gasteiger charge is 2.25. The van der Waals surface area contributed by atoms with Crippen molar-refractivity contribution >= 4 is 23.4 Å². The van der Waals surface area contributed by atoms with Crippen LogP contribution in [-0.4, -0.2) is 18.4 Å². The van der Waals surface area contributed by atoms with Gasteiger partial charge >= 0.3 is 0 Å². The lowest BCUT2D eigenvalue weighted by Gasteiger charge is -2.24. The van der Waals surface area contributed by atoms with Gasteiger partial charge in [-0.05, 0) is 31.0 Å². The summed E-state index contributed by atoms with van der Waals surface area (Å²) in [5, 5.41) is 6.36. The molecule has 2 atom stereocenters. The van der Waals surface area contributed by atoms with Crippen LogP contribution in [0.25, 0.3) is 0 Å². The molecule has 4 nitrogen and oxygen atoms in total. The van der Waals surface area contributed by atoms with Gasteiger partial charge in [0.25, 0.3) is 0 Å². The Kier molecular flexibility index (Phi) is 4.43. The summed E-state index contributed by atoms with van der Waals surface area (Å²) in [6.45, 7) is 2.36. The molecule has 1 aliphatic rings. The summed E-state index contributed by atoms with van der Waals surface area (Å²) in [5.41, 5.74) is 1.01. The monoisotopic (exact) mass is 280 g/mol. The molecule has 19 heavy (non-hydrogen) atoms. The van der Waals surface area contributed by atoms with E-state index in [0.29, 0.717) is 24.4 Å². The van der Waals surface area contributed by atoms with E-state index in [0.717, 1.165) is 5.56 Å². The number of halogens is 1. The molecule has 1 saturated heterocycles. The van der Waals surface area contributed by atoms with Gasteiger partial charge < -0.3 is 10.6 Å². The Labute approximate surface area is 117 Å². The summed E-state index contributed by atoms with van der Waals surface area (Å²) < 4.78 is 0. The van der Waals surface area contributed by atoms with Gasteiger partial charge in [-0.3, -0.25) is 9.59 Å². The average molecular weight is 281 g/mol. The van der Waals surface area contributed by atoms with Gasteiger partial charge in [0.1, 0.15) is 0 Å². The van der Waals surface area contributed by atoms with Crippen molar-refractivity contribution in [3.63, 3.8) is 0 Å². The van der Waals surface area contributed by atoms with Gasteiger partial charge in [-0.15, -0.1) is 0 Å². The Morgan fingerprint density at radius 3 is 2.68 bits per heavy atom. The molecule has 1 heterocycles. The van der Waals surface area contributed by atoms with E-state index >= 15 is 0 Å². The largest absolute Gasteiger partial charge is 0.355 e. The van der Waals surface area contributed by atoms with Crippen molar-refractivity contribution in [1.29, 1.82) is 0 Å². The van der Waals surface area contributed by atoms with Gasteiger partial charge in [0, 0.05) is 18.0 Å². The van der Waals surface area contributed by atoms with Crippen molar-refractivity contribution in [2.75, 3.05) is 6.54 Å². The molecule has 0 saturated carbocycles. The Hall–Kier alpha value is -1.55. The summed E-state index contributed by atoms with van der Waals surface area (Å²) in [6, 6.07) is 7.34. The van der Waals surface area contributed by atoms with Crippen molar-refractivity contribution in [3.05, 3.63) is 34.9 Å². The van der Waals surface area contributed by atoms with Crippen LogP contribution in [-0.2, 0) is 9.59 Å². The van der Waals surface area contributed by atoms with Crippen LogP contribution in [0.3, 0.4) is 0 Å². The second kappa shape index (κ2) is 6.06. The van der Waals surface area contributed by atoms with Gasteiger partial charge in [-0.1, -0.05) is 23.7 Å². The van der Waals surface area contributed by atoms with E-state index in [1.54, 1.807) is 12.1 Å². The number of rotatable bonds is 3. The van der Waals surface area contributed by atoms with E-state index in [1.807, 2.05) is 19.1 Å². The fourth-order valence-electron chi connectivity index (χ4n) is 2.12. The third-order valence-corrected chi connectivity index (χ3v) is 3.62. The van der Waals surface area contributed by atoms with Crippen LogP contribution >= 0.6 is 11.6 Å². The second-order valence-electron chi connectivity index (χ2n) is 4.82. The zero-order valence-corrected chi connectivity index (χ0v) is 11.5. The normalized spacial score (nSPS) is 20.5. The molecule has 0 aromatic heterocycles. The summed E-state index contributed by atoms with van der Waals surface area (Å²) in [6.07, 6.45) is 1.04. The first-order chi connectivity index (χ1) is 9.06. The lowest BCUT2D eigenvalue weighted by atomic mass is 9.97. The van der Waals surface area contributed by atoms with E-state index in [2.05, 4.69) is 10.6 Å². The van der Waals surface area contributed by atoms with Crippen molar-refractivity contribution in [3.8, 4) is 0 Å². The minimum absolute atomic E-state index is 0.0116. The molecular weight excluding hydrogens is 264 g/mol. The van der Waals surface area contributed by atoms with E-state index in [-0.39, 0.29) is 23.8 Å². The van der Waals surface area contributed by atoms with Crippen molar-refractivity contribution in [2.45, 2.75) is 25.8 Å². The molecule has 1 aromatic rings. The molecule has 2 rings (SSSR count). The zero-order valence-electron chi connectivity index (χ0n) is 10.8. The molecule has 2 N–H and O–H groups in total. The molecule has 0 radical (unpaired) electrons. The number of hydrogen-bond acceptors (Lipinski definition) is 2. The van der Waals surface area contributed by atoms with Crippen molar-refractivity contribution in [2.24, 2.45) is 5.92 Å². The summed E-state index contributed by atoms with van der Waals surface area (Å²) in [5.74, 6) is -0.121. The second-order valence-corrected chi connectivity index (χ2v) is 5.26. The number of benzene rings is 1. The number of carbonyl (C=O) groups excluding carboxylic acids is 2. The van der Waals surface area contributed by atoms with Gasteiger partial charge in [-0.2, -0.15) is 0 Å². The third-order valence-electron chi connectivity index (χ3n) is 3.37. The minimum Gasteiger partial charge on any atom is -0.355 e. The van der Waals surface area contributed by atoms with Crippen LogP contribution < -0.4 is 10.6 Å². The topological polar surface area (TPSA) is 58.2 Å². The van der Waals surface area contributed by atoms with Gasteiger partial charge in [0.15, 0.2) is 0 Å². The fourth-order valence-corrected chi connectivity index (χ4v) is 2.25. The highest BCUT2D eigenvalue weighted by Crippen LogP contribution is 2.18. The molecule has 5 heteroatoms. The number of amides is 2. The van der Waals surface area contributed by atoms with Crippen LogP contribution in [0.5, 0.6) is 0 Å². The molecule has 1 aromatic carbocycles. The summed E-state index contributed by atoms with van der Waals surface area (Å²) in [4.78, 5) is 23.1. The minimum atomic E-state index is -0.132. The molecule has 1 aliphatic heterocycles. The highest BCUT2D eigenvalue weighted by atomic mass is 35.5. The van der Waals surface area contributed by atoms with Crippen LogP contribution in [0.4, 0.5) is 0 Å². The molecule has 2 unspecified atom stereocenters. The van der Waals surface area contributed by atoms with E-state index in [9.17, 15) is 9.59 Å². The predicted octanol–water partition coefficient (Wildman–Crippen LogP) is 2.04. The maximum atomic E-state index is 12.1. The number of nitrogens with one attached hydrogen (secondary N) is 2. The van der Waals surface area contributed by atoms with Crippen LogP contribution in [0.1, 0.15) is 31.4 Å². The Bertz CT molecular complexity index is 463.